The van der Waals surface area contributed by atoms with Crippen LogP contribution in [0.25, 0.3) is 0 Å². The van der Waals surface area contributed by atoms with E-state index in [9.17, 15) is 4.79 Å². The molecular formula is C32H59NO11Si. The molecule has 262 valence electrons. The molecule has 1 aromatic carbocycles. The van der Waals surface area contributed by atoms with Crippen molar-refractivity contribution in [3.8, 4) is 0 Å². The minimum absolute atomic E-state index is 0.214. The number of benzene rings is 1. The summed E-state index contributed by atoms with van der Waals surface area (Å²) >= 11 is 0. The Morgan fingerprint density at radius 3 is 1.31 bits per heavy atom. The molecular weight excluding hydrogens is 602 g/mol. The van der Waals surface area contributed by atoms with Gasteiger partial charge in [-0.05, 0) is 23.7 Å². The van der Waals surface area contributed by atoms with Crippen molar-refractivity contribution in [1.29, 1.82) is 0 Å². The summed E-state index contributed by atoms with van der Waals surface area (Å²) in [4.78, 5) is 11.6. The summed E-state index contributed by atoms with van der Waals surface area (Å²) in [6.45, 7) is 20.4. The fourth-order valence-corrected chi connectivity index (χ4v) is 4.24. The van der Waals surface area contributed by atoms with Gasteiger partial charge in [-0.15, -0.1) is 0 Å². The Hall–Kier alpha value is -1.65. The van der Waals surface area contributed by atoms with Crippen LogP contribution < -0.4 is 5.32 Å². The summed E-state index contributed by atoms with van der Waals surface area (Å²) in [5.41, 5.74) is 0.940. The topological polar surface area (TPSA) is 121 Å². The number of nitrogens with one attached hydrogen (secondary N) is 1. The van der Waals surface area contributed by atoms with Crippen LogP contribution in [0.5, 0.6) is 0 Å². The van der Waals surface area contributed by atoms with Crippen LogP contribution >= 0.6 is 0 Å². The lowest BCUT2D eigenvalue weighted by molar-refractivity contribution is -0.0236. The Morgan fingerprint density at radius 2 is 0.933 bits per heavy atom. The molecule has 0 aliphatic carbocycles. The highest BCUT2D eigenvalue weighted by atomic mass is 28.4. The van der Waals surface area contributed by atoms with E-state index in [4.69, 9.17) is 47.1 Å². The molecule has 0 saturated carbocycles. The predicted molar refractivity (Wildman–Crippen MR) is 174 cm³/mol. The molecule has 0 atom stereocenters. The van der Waals surface area contributed by atoms with Gasteiger partial charge in [0.2, 0.25) is 0 Å². The number of ether oxygens (including phenoxy) is 9. The fraction of sp³-hybridized carbons (Fsp3) is 0.781. The van der Waals surface area contributed by atoms with E-state index >= 15 is 0 Å². The average molecular weight is 662 g/mol. The van der Waals surface area contributed by atoms with Crippen molar-refractivity contribution in [2.45, 2.75) is 45.5 Å². The van der Waals surface area contributed by atoms with Crippen LogP contribution in [-0.2, 0) is 53.7 Å². The Kier molecular flexibility index (Phi) is 25.2. The van der Waals surface area contributed by atoms with Gasteiger partial charge in [0.1, 0.15) is 6.61 Å². The number of amides is 1. The molecule has 45 heavy (non-hydrogen) atoms. The highest BCUT2D eigenvalue weighted by Crippen LogP contribution is 2.36. The SMILES string of the molecule is CC(C)(C)[Si](C)(C)OCCOCCOCCOCCOCCOCCOCCOCCOCCNC(=O)OCc1ccccc1. The van der Waals surface area contributed by atoms with Crippen LogP contribution in [0.2, 0.25) is 18.1 Å². The van der Waals surface area contributed by atoms with E-state index in [1.807, 2.05) is 30.3 Å². The van der Waals surface area contributed by atoms with Gasteiger partial charge >= 0.3 is 6.09 Å². The third kappa shape index (κ3) is 25.2. The molecule has 0 bridgehead atoms. The van der Waals surface area contributed by atoms with Crippen molar-refractivity contribution in [2.75, 3.05) is 119 Å². The van der Waals surface area contributed by atoms with E-state index < -0.39 is 14.4 Å². The van der Waals surface area contributed by atoms with Crippen LogP contribution in [0.15, 0.2) is 30.3 Å². The van der Waals surface area contributed by atoms with Gasteiger partial charge in [-0.3, -0.25) is 0 Å². The number of carbonyl (C=O) groups excluding carboxylic acids is 1. The summed E-state index contributed by atoms with van der Waals surface area (Å²) in [5.74, 6) is 0. The molecule has 0 aliphatic rings. The predicted octanol–water partition coefficient (Wildman–Crippen LogP) is 4.07. The molecule has 1 N–H and O–H groups in total. The smallest absolute Gasteiger partial charge is 0.407 e. The molecule has 0 aliphatic heterocycles. The van der Waals surface area contributed by atoms with Crippen molar-refractivity contribution >= 4 is 14.4 Å². The van der Waals surface area contributed by atoms with Crippen LogP contribution in [0.1, 0.15) is 26.3 Å². The van der Waals surface area contributed by atoms with Crippen LogP contribution in [0, 0.1) is 0 Å². The first-order valence-corrected chi connectivity index (χ1v) is 18.8. The summed E-state index contributed by atoms with van der Waals surface area (Å²) < 4.78 is 55.1. The molecule has 0 spiro atoms. The molecule has 1 aromatic rings. The Bertz CT molecular complexity index is 812. The Labute approximate surface area is 271 Å². The standard InChI is InChI=1S/C32H59NO11Si/c1-32(2,3)45(4,5)44-28-27-42-26-25-41-24-23-40-22-21-39-20-19-38-18-17-37-16-15-36-14-13-35-12-11-33-31(34)43-29-30-9-7-6-8-10-30/h6-10H,11-29H2,1-5H3,(H,33,34). The summed E-state index contributed by atoms with van der Waals surface area (Å²) in [5, 5.41) is 2.86. The largest absolute Gasteiger partial charge is 0.445 e. The summed E-state index contributed by atoms with van der Waals surface area (Å²) in [6.07, 6.45) is -0.466. The van der Waals surface area contributed by atoms with Crippen LogP contribution in [0.3, 0.4) is 0 Å². The van der Waals surface area contributed by atoms with Gasteiger partial charge in [0.15, 0.2) is 8.32 Å². The Morgan fingerprint density at radius 1 is 0.578 bits per heavy atom. The van der Waals surface area contributed by atoms with Crippen LogP contribution in [-0.4, -0.2) is 133 Å². The second kappa shape index (κ2) is 27.5. The van der Waals surface area contributed by atoms with E-state index in [1.54, 1.807) is 0 Å². The van der Waals surface area contributed by atoms with Crippen molar-refractivity contribution in [1.82, 2.24) is 5.32 Å². The van der Waals surface area contributed by atoms with Gasteiger partial charge in [-0.25, -0.2) is 4.79 Å². The van der Waals surface area contributed by atoms with Gasteiger partial charge in [0, 0.05) is 6.54 Å². The Balaban J connectivity index is 1.69. The summed E-state index contributed by atoms with van der Waals surface area (Å²) in [7, 11) is -1.70. The van der Waals surface area contributed by atoms with Gasteiger partial charge in [0.25, 0.3) is 0 Å². The monoisotopic (exact) mass is 661 g/mol. The van der Waals surface area contributed by atoms with Gasteiger partial charge < -0.3 is 52.4 Å². The maximum atomic E-state index is 11.6. The fourth-order valence-electron chi connectivity index (χ4n) is 3.21. The first kappa shape index (κ1) is 41.4. The maximum Gasteiger partial charge on any atom is 0.407 e. The number of hydrogen-bond donors (Lipinski definition) is 1. The zero-order valence-corrected chi connectivity index (χ0v) is 29.3. The first-order valence-electron chi connectivity index (χ1n) is 15.9. The molecule has 0 radical (unpaired) electrons. The highest BCUT2D eigenvalue weighted by Gasteiger charge is 2.36. The number of hydrogen-bond acceptors (Lipinski definition) is 11. The van der Waals surface area contributed by atoms with Gasteiger partial charge in [-0.2, -0.15) is 0 Å². The van der Waals surface area contributed by atoms with Crippen molar-refractivity contribution in [3.05, 3.63) is 35.9 Å². The molecule has 13 heteroatoms. The van der Waals surface area contributed by atoms with E-state index in [-0.39, 0.29) is 11.6 Å². The van der Waals surface area contributed by atoms with Crippen molar-refractivity contribution < 1.29 is 51.9 Å². The van der Waals surface area contributed by atoms with E-state index in [1.165, 1.54) is 0 Å². The summed E-state index contributed by atoms with van der Waals surface area (Å²) in [6, 6.07) is 9.52. The first-order chi connectivity index (χ1) is 21.7. The molecule has 0 unspecified atom stereocenters. The second-order valence-electron chi connectivity index (χ2n) is 11.5. The lowest BCUT2D eigenvalue weighted by Gasteiger charge is -2.36. The van der Waals surface area contributed by atoms with E-state index in [0.29, 0.717) is 119 Å². The molecule has 1 amide bonds. The molecule has 0 saturated heterocycles. The maximum absolute atomic E-state index is 11.6. The second-order valence-corrected chi connectivity index (χ2v) is 16.3. The lowest BCUT2D eigenvalue weighted by atomic mass is 10.2. The van der Waals surface area contributed by atoms with E-state index in [0.717, 1.165) is 5.56 Å². The van der Waals surface area contributed by atoms with E-state index in [2.05, 4.69) is 39.2 Å². The number of alkyl carbamates (subject to hydrolysis) is 1. The molecule has 0 fully saturated rings. The van der Waals surface area contributed by atoms with Crippen molar-refractivity contribution in [2.24, 2.45) is 0 Å². The number of carbonyl (C=O) groups is 1. The minimum atomic E-state index is -1.70. The zero-order valence-electron chi connectivity index (χ0n) is 28.3. The molecule has 12 nitrogen and oxygen atoms in total. The van der Waals surface area contributed by atoms with Gasteiger partial charge in [-0.1, -0.05) is 51.1 Å². The van der Waals surface area contributed by atoms with Crippen molar-refractivity contribution in [3.63, 3.8) is 0 Å². The average Bonchev–Trinajstić information content (AvgIpc) is 3.01. The molecule has 0 heterocycles. The number of rotatable bonds is 30. The normalized spacial score (nSPS) is 12.0. The zero-order chi connectivity index (χ0) is 32.9. The van der Waals surface area contributed by atoms with Crippen LogP contribution in [0.4, 0.5) is 4.79 Å². The highest BCUT2D eigenvalue weighted by molar-refractivity contribution is 6.74. The lowest BCUT2D eigenvalue weighted by Crippen LogP contribution is -2.41. The molecule has 1 rings (SSSR count). The third-order valence-electron chi connectivity index (χ3n) is 6.83. The third-order valence-corrected chi connectivity index (χ3v) is 11.4. The van der Waals surface area contributed by atoms with Gasteiger partial charge in [0.05, 0.1) is 112 Å². The quantitative estimate of drug-likeness (QED) is 0.0949. The molecule has 0 aromatic heterocycles. The minimum Gasteiger partial charge on any atom is -0.445 e.